The molecule has 1 heterocycles. The summed E-state index contributed by atoms with van der Waals surface area (Å²) in [5.41, 5.74) is 0. The van der Waals surface area contributed by atoms with Gasteiger partial charge in [0, 0.05) is 26.0 Å². The van der Waals surface area contributed by atoms with Gasteiger partial charge < -0.3 is 9.47 Å². The monoisotopic (exact) mass is 191 g/mol. The molecule has 1 N–H and O–H groups in total. The van der Waals surface area contributed by atoms with Crippen molar-refractivity contribution in [2.45, 2.75) is 30.3 Å². The van der Waals surface area contributed by atoms with Gasteiger partial charge in [0.05, 0.1) is 0 Å². The number of methoxy groups -OCH3 is 2. The average molecular weight is 191 g/mol. The first-order valence-electron chi connectivity index (χ1n) is 4.11. The molecule has 0 bridgehead atoms. The molecule has 0 aromatic heterocycles. The fourth-order valence-corrected chi connectivity index (χ4v) is 3.01. The standard InChI is InChI=1S/C8H17NO2S/c1-6-5-9-8(2,12-6)7(10-3)11-4/h6-7,9H,5H2,1-4H3. The maximum atomic E-state index is 5.23. The summed E-state index contributed by atoms with van der Waals surface area (Å²) in [6.45, 7) is 5.33. The third kappa shape index (κ3) is 1.93. The summed E-state index contributed by atoms with van der Waals surface area (Å²) in [5.74, 6) is 0. The van der Waals surface area contributed by atoms with Gasteiger partial charge in [-0.05, 0) is 6.92 Å². The van der Waals surface area contributed by atoms with Crippen LogP contribution in [0.15, 0.2) is 0 Å². The molecule has 3 nitrogen and oxygen atoms in total. The van der Waals surface area contributed by atoms with Crippen molar-refractivity contribution in [3.05, 3.63) is 0 Å². The summed E-state index contributed by atoms with van der Waals surface area (Å²) < 4.78 is 10.5. The molecule has 0 spiro atoms. The minimum absolute atomic E-state index is 0.0943. The topological polar surface area (TPSA) is 30.5 Å². The lowest BCUT2D eigenvalue weighted by Gasteiger charge is -2.31. The van der Waals surface area contributed by atoms with Gasteiger partial charge >= 0.3 is 0 Å². The van der Waals surface area contributed by atoms with Crippen molar-refractivity contribution >= 4 is 11.8 Å². The van der Waals surface area contributed by atoms with Gasteiger partial charge in [-0.3, -0.25) is 5.32 Å². The molecular weight excluding hydrogens is 174 g/mol. The smallest absolute Gasteiger partial charge is 0.184 e. The van der Waals surface area contributed by atoms with Gasteiger partial charge in [-0.1, -0.05) is 6.92 Å². The van der Waals surface area contributed by atoms with Gasteiger partial charge in [-0.15, -0.1) is 11.8 Å². The number of ether oxygens (including phenoxy) is 2. The Labute approximate surface area is 78.2 Å². The van der Waals surface area contributed by atoms with Gasteiger partial charge in [0.2, 0.25) is 0 Å². The van der Waals surface area contributed by atoms with Crippen LogP contribution in [0.3, 0.4) is 0 Å². The van der Waals surface area contributed by atoms with E-state index >= 15 is 0 Å². The van der Waals surface area contributed by atoms with Gasteiger partial charge in [-0.2, -0.15) is 0 Å². The fourth-order valence-electron chi connectivity index (χ4n) is 1.53. The van der Waals surface area contributed by atoms with Crippen molar-refractivity contribution in [2.24, 2.45) is 0 Å². The van der Waals surface area contributed by atoms with E-state index in [1.807, 2.05) is 11.8 Å². The molecule has 1 aliphatic rings. The third-order valence-electron chi connectivity index (χ3n) is 2.06. The quantitative estimate of drug-likeness (QED) is 0.675. The van der Waals surface area contributed by atoms with E-state index in [4.69, 9.17) is 9.47 Å². The lowest BCUT2D eigenvalue weighted by molar-refractivity contribution is -0.126. The molecule has 0 radical (unpaired) electrons. The Kier molecular flexibility index (Phi) is 3.40. The van der Waals surface area contributed by atoms with Crippen LogP contribution in [0, 0.1) is 0 Å². The highest BCUT2D eigenvalue weighted by Crippen LogP contribution is 2.36. The Bertz CT molecular complexity index is 152. The van der Waals surface area contributed by atoms with E-state index < -0.39 is 0 Å². The van der Waals surface area contributed by atoms with Crippen LogP contribution in [0.5, 0.6) is 0 Å². The predicted octanol–water partition coefficient (Wildman–Crippen LogP) is 1.05. The van der Waals surface area contributed by atoms with E-state index in [1.165, 1.54) is 0 Å². The second-order valence-electron chi connectivity index (χ2n) is 3.22. The van der Waals surface area contributed by atoms with Crippen molar-refractivity contribution in [1.82, 2.24) is 5.32 Å². The first kappa shape index (κ1) is 10.3. The lowest BCUT2D eigenvalue weighted by atomic mass is 10.3. The molecule has 72 valence electrons. The fraction of sp³-hybridized carbons (Fsp3) is 1.00. The van der Waals surface area contributed by atoms with Crippen LogP contribution >= 0.6 is 11.8 Å². The van der Waals surface area contributed by atoms with Crippen molar-refractivity contribution in [3.8, 4) is 0 Å². The molecule has 12 heavy (non-hydrogen) atoms. The summed E-state index contributed by atoms with van der Waals surface area (Å²) in [6, 6.07) is 0. The van der Waals surface area contributed by atoms with E-state index in [-0.39, 0.29) is 11.2 Å². The Balaban J connectivity index is 2.58. The van der Waals surface area contributed by atoms with Crippen LogP contribution < -0.4 is 5.32 Å². The molecular formula is C8H17NO2S. The number of rotatable bonds is 3. The first-order valence-corrected chi connectivity index (χ1v) is 4.99. The van der Waals surface area contributed by atoms with Gasteiger partial charge in [-0.25, -0.2) is 0 Å². The maximum Gasteiger partial charge on any atom is 0.184 e. The van der Waals surface area contributed by atoms with Crippen LogP contribution in [0.1, 0.15) is 13.8 Å². The minimum atomic E-state index is -0.174. The number of hydrogen-bond donors (Lipinski definition) is 1. The second-order valence-corrected chi connectivity index (χ2v) is 5.11. The Hall–Kier alpha value is 0.230. The van der Waals surface area contributed by atoms with E-state index in [0.717, 1.165) is 6.54 Å². The minimum Gasteiger partial charge on any atom is -0.353 e. The third-order valence-corrected chi connectivity index (χ3v) is 3.46. The van der Waals surface area contributed by atoms with Gasteiger partial charge in [0.1, 0.15) is 4.87 Å². The zero-order valence-electron chi connectivity index (χ0n) is 8.09. The van der Waals surface area contributed by atoms with Crippen molar-refractivity contribution in [1.29, 1.82) is 0 Å². The molecule has 0 saturated carbocycles. The van der Waals surface area contributed by atoms with Crippen LogP contribution in [-0.2, 0) is 9.47 Å². The van der Waals surface area contributed by atoms with E-state index in [1.54, 1.807) is 14.2 Å². The molecule has 1 rings (SSSR count). The van der Waals surface area contributed by atoms with Crippen LogP contribution in [-0.4, -0.2) is 37.2 Å². The normalized spacial score (nSPS) is 36.2. The number of hydrogen-bond acceptors (Lipinski definition) is 4. The SMILES string of the molecule is COC(OC)C1(C)NCC(C)S1. The average Bonchev–Trinajstić information content (AvgIpc) is 2.34. The second kappa shape index (κ2) is 3.96. The molecule has 0 aromatic rings. The zero-order chi connectivity index (χ0) is 9.19. The highest BCUT2D eigenvalue weighted by Gasteiger charge is 2.41. The molecule has 0 aliphatic carbocycles. The van der Waals surface area contributed by atoms with Crippen molar-refractivity contribution in [2.75, 3.05) is 20.8 Å². The summed E-state index contributed by atoms with van der Waals surface area (Å²) in [4.78, 5) is -0.0943. The molecule has 2 atom stereocenters. The summed E-state index contributed by atoms with van der Waals surface area (Å²) in [6.07, 6.45) is -0.174. The summed E-state index contributed by atoms with van der Waals surface area (Å²) in [7, 11) is 3.34. The van der Waals surface area contributed by atoms with E-state index in [0.29, 0.717) is 5.25 Å². The summed E-state index contributed by atoms with van der Waals surface area (Å²) >= 11 is 1.86. The molecule has 2 unspecified atom stereocenters. The van der Waals surface area contributed by atoms with Crippen molar-refractivity contribution < 1.29 is 9.47 Å². The van der Waals surface area contributed by atoms with E-state index in [9.17, 15) is 0 Å². The largest absolute Gasteiger partial charge is 0.353 e. The highest BCUT2D eigenvalue weighted by molar-refractivity contribution is 8.01. The van der Waals surface area contributed by atoms with Crippen LogP contribution in [0.25, 0.3) is 0 Å². The Morgan fingerprint density at radius 1 is 1.50 bits per heavy atom. The van der Waals surface area contributed by atoms with Crippen LogP contribution in [0.2, 0.25) is 0 Å². The lowest BCUT2D eigenvalue weighted by Crippen LogP contribution is -2.47. The maximum absolute atomic E-state index is 5.23. The molecule has 4 heteroatoms. The zero-order valence-corrected chi connectivity index (χ0v) is 8.90. The summed E-state index contributed by atoms with van der Waals surface area (Å²) in [5, 5.41) is 4.03. The Morgan fingerprint density at radius 2 is 2.08 bits per heavy atom. The first-order chi connectivity index (χ1) is 5.62. The van der Waals surface area contributed by atoms with Crippen molar-refractivity contribution in [3.63, 3.8) is 0 Å². The molecule has 0 amide bonds. The molecule has 1 saturated heterocycles. The predicted molar refractivity (Wildman–Crippen MR) is 51.3 cm³/mol. The molecule has 1 fully saturated rings. The Morgan fingerprint density at radius 3 is 2.42 bits per heavy atom. The number of nitrogens with one attached hydrogen (secondary N) is 1. The van der Waals surface area contributed by atoms with Crippen LogP contribution in [0.4, 0.5) is 0 Å². The number of thioether (sulfide) groups is 1. The van der Waals surface area contributed by atoms with Gasteiger partial charge in [0.25, 0.3) is 0 Å². The van der Waals surface area contributed by atoms with E-state index in [2.05, 4.69) is 19.2 Å². The molecule has 0 aromatic carbocycles. The van der Waals surface area contributed by atoms with Gasteiger partial charge in [0.15, 0.2) is 6.29 Å². The highest BCUT2D eigenvalue weighted by atomic mass is 32.2. The molecule has 1 aliphatic heterocycles.